The van der Waals surface area contributed by atoms with E-state index < -0.39 is 23.8 Å². The molecular weight excluding hydrogens is 462 g/mol. The van der Waals surface area contributed by atoms with Crippen LogP contribution in [0.3, 0.4) is 0 Å². The molecule has 1 amide bonds. The average molecular weight is 494 g/mol. The van der Waals surface area contributed by atoms with Gasteiger partial charge in [-0.3, -0.25) is 4.79 Å². The Hall–Kier alpha value is -0.930. The zero-order valence-corrected chi connectivity index (χ0v) is 18.8. The van der Waals surface area contributed by atoms with Gasteiger partial charge in [0.2, 0.25) is 5.91 Å². The van der Waals surface area contributed by atoms with Gasteiger partial charge < -0.3 is 4.90 Å². The Labute approximate surface area is 169 Å². The maximum atomic E-state index is 12.9. The molecule has 3 rings (SSSR count). The van der Waals surface area contributed by atoms with Gasteiger partial charge in [0.1, 0.15) is 0 Å². The Balaban J connectivity index is 0.000000279. The molecule has 0 aliphatic carbocycles. The first-order valence-corrected chi connectivity index (χ1v) is 13.0. The van der Waals surface area contributed by atoms with Gasteiger partial charge in [0.25, 0.3) is 0 Å². The number of nitrogens with zero attached hydrogens (tertiary/aromatic N) is 1. The number of hydrogen-bond donors (Lipinski definition) is 2. The molecule has 27 heavy (non-hydrogen) atoms. The third kappa shape index (κ3) is 6.02. The second-order valence-corrected chi connectivity index (χ2v) is 12.9. The topological polar surface area (TPSA) is 61.8 Å². The molecule has 2 fully saturated rings. The van der Waals surface area contributed by atoms with Crippen LogP contribution in [0.4, 0.5) is 10.1 Å². The predicted molar refractivity (Wildman–Crippen MR) is 116 cm³/mol. The van der Waals surface area contributed by atoms with Crippen molar-refractivity contribution in [2.45, 2.75) is 49.2 Å². The van der Waals surface area contributed by atoms with Crippen LogP contribution in [-0.4, -0.2) is 50.7 Å². The van der Waals surface area contributed by atoms with Crippen LogP contribution in [0.5, 0.6) is 0 Å². The van der Waals surface area contributed by atoms with Crippen molar-refractivity contribution in [1.82, 2.24) is 4.90 Å². The Morgan fingerprint density at radius 2 is 2.00 bits per heavy atom. The molecule has 2 saturated heterocycles. The number of fused-ring (bicyclic) bond motifs is 1. The standard InChI is InChI=1S/C14H19FINO2.C6H13NO/c15-11-4-6-12(7-5-11)17-13-3-1-9-16-14(13,18)8-2-10-19-16;1-5(2)6(8)7(3)4/h4-7,13,17-18H,1-3,8-10H2;5H,1-4H3/t13?,14-;/m0./s1. The molecule has 0 bridgehead atoms. The number of alkyl halides is 2. The van der Waals surface area contributed by atoms with E-state index in [4.69, 9.17) is 3.07 Å². The van der Waals surface area contributed by atoms with Crippen molar-refractivity contribution in [3.8, 4) is 0 Å². The molecule has 0 saturated carbocycles. The third-order valence-corrected chi connectivity index (χ3v) is 11.0. The summed E-state index contributed by atoms with van der Waals surface area (Å²) in [5, 5.41) is 14.4. The van der Waals surface area contributed by atoms with Crippen LogP contribution in [0.25, 0.3) is 0 Å². The number of carbonyl (C=O) groups excluding carboxylic acids is 1. The van der Waals surface area contributed by atoms with Crippen molar-refractivity contribution < 1.29 is 17.4 Å². The molecule has 0 spiro atoms. The monoisotopic (exact) mass is 494 g/mol. The molecular formula is C20H32FIN2O3. The fraction of sp³-hybridized carbons (Fsp3) is 0.650. The Morgan fingerprint density at radius 1 is 1.33 bits per heavy atom. The number of amides is 1. The van der Waals surface area contributed by atoms with Gasteiger partial charge in [0, 0.05) is 20.0 Å². The van der Waals surface area contributed by atoms with Gasteiger partial charge in [0.05, 0.1) is 0 Å². The third-order valence-electron chi connectivity index (χ3n) is 4.70. The van der Waals surface area contributed by atoms with Crippen molar-refractivity contribution in [3.05, 3.63) is 30.1 Å². The summed E-state index contributed by atoms with van der Waals surface area (Å²) in [7, 11) is 3.53. The van der Waals surface area contributed by atoms with Gasteiger partial charge in [-0.05, 0) is 0 Å². The molecule has 2 atom stereocenters. The van der Waals surface area contributed by atoms with Crippen LogP contribution in [0.15, 0.2) is 24.3 Å². The van der Waals surface area contributed by atoms with Crippen molar-refractivity contribution in [1.29, 1.82) is 0 Å². The Kier molecular flexibility index (Phi) is 8.30. The van der Waals surface area contributed by atoms with Gasteiger partial charge in [-0.2, -0.15) is 0 Å². The summed E-state index contributed by atoms with van der Waals surface area (Å²) >= 11 is -1.73. The van der Waals surface area contributed by atoms with Gasteiger partial charge in [-0.25, -0.2) is 0 Å². The second-order valence-electron chi connectivity index (χ2n) is 7.48. The van der Waals surface area contributed by atoms with Gasteiger partial charge >= 0.3 is 120 Å². The summed E-state index contributed by atoms with van der Waals surface area (Å²) in [4.78, 5) is 12.4. The minimum absolute atomic E-state index is 0.0530. The van der Waals surface area contributed by atoms with Gasteiger partial charge in [0.15, 0.2) is 0 Å². The summed E-state index contributed by atoms with van der Waals surface area (Å²) in [5.74, 6) is 0.0809. The molecule has 1 aromatic carbocycles. The molecule has 2 aliphatic heterocycles. The summed E-state index contributed by atoms with van der Waals surface area (Å²) in [6.45, 7) is 4.60. The first kappa shape index (κ1) is 22.4. The summed E-state index contributed by atoms with van der Waals surface area (Å²) in [6.07, 6.45) is 3.86. The summed E-state index contributed by atoms with van der Waals surface area (Å²) in [5.41, 5.74) is 0.878. The van der Waals surface area contributed by atoms with Crippen LogP contribution in [0.1, 0.15) is 39.5 Å². The van der Waals surface area contributed by atoms with Crippen LogP contribution < -0.4 is 5.32 Å². The number of hydrogen-bond acceptors (Lipinski definition) is 4. The number of carbonyl (C=O) groups is 1. The van der Waals surface area contributed by atoms with E-state index in [1.165, 1.54) is 12.1 Å². The van der Waals surface area contributed by atoms with Crippen molar-refractivity contribution in [2.75, 3.05) is 30.4 Å². The minimum atomic E-state index is -1.73. The number of nitrogens with one attached hydrogen (secondary N) is 1. The quantitative estimate of drug-likeness (QED) is 0.492. The van der Waals surface area contributed by atoms with E-state index in [9.17, 15) is 14.3 Å². The average Bonchev–Trinajstić information content (AvgIpc) is 2.63. The zero-order chi connectivity index (χ0) is 20.0. The van der Waals surface area contributed by atoms with Crippen molar-refractivity contribution in [2.24, 2.45) is 5.92 Å². The molecule has 1 aromatic rings. The first-order chi connectivity index (χ1) is 12.7. The SMILES string of the molecule is CC(C)C(=O)N(C)C.O[C@]12CCCOI1CCCC2Nc1ccc(F)cc1. The Bertz CT molecular complexity index is 600. The number of benzene rings is 1. The fourth-order valence-corrected chi connectivity index (χ4v) is 9.33. The normalized spacial score (nSPS) is 25.9. The maximum absolute atomic E-state index is 12.9. The van der Waals surface area contributed by atoms with E-state index in [1.54, 1.807) is 31.1 Å². The zero-order valence-electron chi connectivity index (χ0n) is 16.7. The molecule has 0 aromatic heterocycles. The molecule has 2 heterocycles. The number of rotatable bonds is 3. The summed E-state index contributed by atoms with van der Waals surface area (Å²) in [6, 6.07) is 6.41. The van der Waals surface area contributed by atoms with Crippen LogP contribution in [0.2, 0.25) is 0 Å². The summed E-state index contributed by atoms with van der Waals surface area (Å²) < 4.78 is 19.3. The second kappa shape index (κ2) is 10.0. The molecule has 2 aliphatic rings. The van der Waals surface area contributed by atoms with E-state index in [0.29, 0.717) is 0 Å². The predicted octanol–water partition coefficient (Wildman–Crippen LogP) is 4.05. The van der Waals surface area contributed by atoms with Crippen molar-refractivity contribution in [3.63, 3.8) is 0 Å². The van der Waals surface area contributed by atoms with E-state index in [2.05, 4.69) is 5.32 Å². The molecule has 154 valence electrons. The molecule has 5 nitrogen and oxygen atoms in total. The van der Waals surface area contributed by atoms with E-state index >= 15 is 0 Å². The number of aliphatic hydroxyl groups is 1. The van der Waals surface area contributed by atoms with Crippen molar-refractivity contribution >= 4 is 31.8 Å². The van der Waals surface area contributed by atoms with Gasteiger partial charge in [-0.1, -0.05) is 13.8 Å². The van der Waals surface area contributed by atoms with E-state index in [1.807, 2.05) is 13.8 Å². The molecule has 7 heteroatoms. The van der Waals surface area contributed by atoms with E-state index in [-0.39, 0.29) is 23.7 Å². The molecule has 2 N–H and O–H groups in total. The van der Waals surface area contributed by atoms with Crippen LogP contribution in [-0.2, 0) is 7.86 Å². The van der Waals surface area contributed by atoms with Crippen LogP contribution in [0, 0.1) is 11.7 Å². The molecule has 1 unspecified atom stereocenters. The van der Waals surface area contributed by atoms with Crippen LogP contribution >= 0.6 is 20.2 Å². The fourth-order valence-electron chi connectivity index (χ4n) is 3.28. The number of halogens is 2. The Morgan fingerprint density at radius 3 is 2.56 bits per heavy atom. The van der Waals surface area contributed by atoms with E-state index in [0.717, 1.165) is 42.4 Å². The van der Waals surface area contributed by atoms with Gasteiger partial charge in [-0.15, -0.1) is 0 Å². The first-order valence-electron chi connectivity index (χ1n) is 9.49. The molecule has 0 radical (unpaired) electrons. The number of anilines is 1.